The van der Waals surface area contributed by atoms with Gasteiger partial charge >= 0.3 is 29.3 Å². The predicted molar refractivity (Wildman–Crippen MR) is 202 cm³/mol. The summed E-state index contributed by atoms with van der Waals surface area (Å²) in [6, 6.07) is 32.9. The first-order valence-corrected chi connectivity index (χ1v) is 17.1. The Morgan fingerprint density at radius 1 is 0.593 bits per heavy atom. The maximum absolute atomic E-state index is 12.8. The summed E-state index contributed by atoms with van der Waals surface area (Å²) in [6.45, 7) is 6.40. The number of aromatic hydroxyl groups is 1. The molecule has 2 aromatic heterocycles. The Morgan fingerprint density at radius 3 is 1.56 bits per heavy atom. The predicted octanol–water partition coefficient (Wildman–Crippen LogP) is 5.44. The summed E-state index contributed by atoms with van der Waals surface area (Å²) in [5, 5.41) is 11.3. The number of pyridine rings is 1. The van der Waals surface area contributed by atoms with Gasteiger partial charge in [-0.3, -0.25) is 19.0 Å². The second-order valence-corrected chi connectivity index (χ2v) is 11.4. The zero-order valence-corrected chi connectivity index (χ0v) is 30.1. The summed E-state index contributed by atoms with van der Waals surface area (Å²) in [5.74, 6) is -2.85. The van der Waals surface area contributed by atoms with Crippen LogP contribution in [0, 0.1) is 0 Å². The van der Waals surface area contributed by atoms with Crippen molar-refractivity contribution in [2.75, 3.05) is 19.8 Å². The first-order valence-electron chi connectivity index (χ1n) is 17.1. The van der Waals surface area contributed by atoms with Crippen molar-refractivity contribution in [3.05, 3.63) is 157 Å². The van der Waals surface area contributed by atoms with E-state index in [0.717, 1.165) is 11.1 Å². The number of benzene rings is 4. The molecule has 0 saturated carbocycles. The quantitative estimate of drug-likeness (QED) is 0.108. The number of esters is 3. The third-order valence-electron chi connectivity index (χ3n) is 7.71. The van der Waals surface area contributed by atoms with Crippen molar-refractivity contribution in [1.82, 2.24) is 9.13 Å². The highest BCUT2D eigenvalue weighted by Crippen LogP contribution is 2.27. The standard InChI is InChI=1S/C19H17NO4.C15H11NO3.C7H12O4/c1-2-24-19(23)16-17(21)14-10-6-7-11-15(14)20(18(16)22)12-13-8-4-3-5-9-13;17-14-12-8-4-5-9-13(12)16(15(18)19-14)10-11-6-2-1-3-7-11;1-3-10-6(8)5-7(9)11-4-2/h3-11,21H,2,12H2,1H3;1-9H,10H2;3-5H2,1-2H3. The first kappa shape index (κ1) is 40.0. The van der Waals surface area contributed by atoms with Gasteiger partial charge in [-0.25, -0.2) is 14.4 Å². The molecule has 13 nitrogen and oxygen atoms in total. The number of hydrogen-bond acceptors (Lipinski definition) is 11. The van der Waals surface area contributed by atoms with E-state index in [9.17, 15) is 33.9 Å². The van der Waals surface area contributed by atoms with E-state index in [0.29, 0.717) is 34.9 Å². The Kier molecular flexibility index (Phi) is 14.6. The molecule has 6 rings (SSSR count). The Labute approximate surface area is 309 Å². The Hall–Kier alpha value is -6.76. The Balaban J connectivity index is 0.000000194. The van der Waals surface area contributed by atoms with Gasteiger partial charge in [-0.05, 0) is 56.2 Å². The fourth-order valence-corrected chi connectivity index (χ4v) is 5.33. The molecule has 0 bridgehead atoms. The number of ether oxygens (including phenoxy) is 3. The normalized spacial score (nSPS) is 10.4. The van der Waals surface area contributed by atoms with Crippen LogP contribution in [0.15, 0.2) is 128 Å². The van der Waals surface area contributed by atoms with Crippen LogP contribution in [0.25, 0.3) is 21.8 Å². The number of nitrogens with zero attached hydrogens (tertiary/aromatic N) is 2. The monoisotopic (exact) mass is 736 g/mol. The summed E-state index contributed by atoms with van der Waals surface area (Å²) < 4.78 is 21.7. The van der Waals surface area contributed by atoms with E-state index < -0.39 is 34.8 Å². The van der Waals surface area contributed by atoms with Gasteiger partial charge in [0.25, 0.3) is 5.56 Å². The van der Waals surface area contributed by atoms with Gasteiger partial charge in [-0.15, -0.1) is 0 Å². The van der Waals surface area contributed by atoms with Crippen molar-refractivity contribution in [3.8, 4) is 5.75 Å². The van der Waals surface area contributed by atoms with Crippen LogP contribution < -0.4 is 16.9 Å². The van der Waals surface area contributed by atoms with Gasteiger partial charge in [0, 0.05) is 5.39 Å². The zero-order valence-electron chi connectivity index (χ0n) is 30.1. The number of carbonyl (C=O) groups excluding carboxylic acids is 3. The molecule has 280 valence electrons. The molecule has 2 heterocycles. The van der Waals surface area contributed by atoms with E-state index in [1.165, 1.54) is 9.13 Å². The SMILES string of the molecule is CCOC(=O)CC(=O)OCC.CCOC(=O)c1c(O)c2ccccc2n(Cc2ccccc2)c1=O.O=c1oc(=O)n(Cc2ccccc2)c2ccccc12. The fraction of sp³-hybridized carbons (Fsp3) is 0.220. The van der Waals surface area contributed by atoms with Gasteiger partial charge in [-0.1, -0.05) is 84.9 Å². The van der Waals surface area contributed by atoms with Crippen molar-refractivity contribution >= 4 is 39.7 Å². The number of hydrogen-bond donors (Lipinski definition) is 1. The second kappa shape index (κ2) is 19.7. The summed E-state index contributed by atoms with van der Waals surface area (Å²) in [7, 11) is 0. The lowest BCUT2D eigenvalue weighted by atomic mass is 10.1. The zero-order chi connectivity index (χ0) is 39.0. The molecule has 0 fully saturated rings. The number of para-hydroxylation sites is 2. The number of aromatic nitrogens is 2. The molecule has 4 aromatic carbocycles. The average molecular weight is 737 g/mol. The van der Waals surface area contributed by atoms with Crippen molar-refractivity contribution in [3.63, 3.8) is 0 Å². The molecule has 0 aliphatic heterocycles. The average Bonchev–Trinajstić information content (AvgIpc) is 3.17. The van der Waals surface area contributed by atoms with Crippen molar-refractivity contribution in [1.29, 1.82) is 0 Å². The third-order valence-corrected chi connectivity index (χ3v) is 7.71. The molecular formula is C41H40N2O11. The molecule has 0 radical (unpaired) electrons. The van der Waals surface area contributed by atoms with Crippen LogP contribution in [-0.4, -0.2) is 52.0 Å². The van der Waals surface area contributed by atoms with E-state index in [-0.39, 0.29) is 37.6 Å². The van der Waals surface area contributed by atoms with Crippen molar-refractivity contribution < 1.29 is 38.1 Å². The lowest BCUT2D eigenvalue weighted by Crippen LogP contribution is -2.28. The van der Waals surface area contributed by atoms with Gasteiger partial charge in [-0.2, -0.15) is 0 Å². The van der Waals surface area contributed by atoms with Gasteiger partial charge in [0.1, 0.15) is 12.2 Å². The minimum atomic E-state index is -0.812. The molecule has 6 aromatic rings. The highest BCUT2D eigenvalue weighted by Gasteiger charge is 2.23. The van der Waals surface area contributed by atoms with E-state index >= 15 is 0 Å². The summed E-state index contributed by atoms with van der Waals surface area (Å²) in [6.07, 6.45) is -0.290. The molecule has 0 spiro atoms. The Bertz CT molecular complexity index is 2370. The number of fused-ring (bicyclic) bond motifs is 2. The highest BCUT2D eigenvalue weighted by molar-refractivity contribution is 5.99. The maximum atomic E-state index is 12.8. The second-order valence-electron chi connectivity index (χ2n) is 11.4. The van der Waals surface area contributed by atoms with E-state index in [2.05, 4.69) is 9.47 Å². The molecule has 0 atom stereocenters. The summed E-state index contributed by atoms with van der Waals surface area (Å²) in [4.78, 5) is 69.7. The smallest absolute Gasteiger partial charge is 0.422 e. The summed E-state index contributed by atoms with van der Waals surface area (Å²) in [5.41, 5.74) is 1.57. The van der Waals surface area contributed by atoms with Crippen molar-refractivity contribution in [2.45, 2.75) is 40.3 Å². The molecule has 0 aliphatic carbocycles. The fourth-order valence-electron chi connectivity index (χ4n) is 5.33. The van der Waals surface area contributed by atoms with Gasteiger partial charge in [0.2, 0.25) is 0 Å². The molecular weight excluding hydrogens is 696 g/mol. The molecule has 0 unspecified atom stereocenters. The lowest BCUT2D eigenvalue weighted by molar-refractivity contribution is -0.153. The highest BCUT2D eigenvalue weighted by atomic mass is 16.6. The van der Waals surface area contributed by atoms with Crippen LogP contribution in [-0.2, 0) is 36.9 Å². The van der Waals surface area contributed by atoms with Gasteiger partial charge in [0.15, 0.2) is 5.56 Å². The Morgan fingerprint density at radius 2 is 1.04 bits per heavy atom. The first-order chi connectivity index (χ1) is 26.1. The van der Waals surface area contributed by atoms with Crippen molar-refractivity contribution in [2.24, 2.45) is 0 Å². The topological polar surface area (TPSA) is 173 Å². The summed E-state index contributed by atoms with van der Waals surface area (Å²) >= 11 is 0. The number of rotatable bonds is 10. The van der Waals surface area contributed by atoms with E-state index in [4.69, 9.17) is 9.15 Å². The number of carbonyl (C=O) groups is 3. The van der Waals surface area contributed by atoms with Crippen LogP contribution in [0.2, 0.25) is 0 Å². The molecule has 13 heteroatoms. The molecule has 54 heavy (non-hydrogen) atoms. The molecule has 0 aliphatic rings. The van der Waals surface area contributed by atoms with Crippen LogP contribution >= 0.6 is 0 Å². The minimum absolute atomic E-state index is 0.128. The van der Waals surface area contributed by atoms with Gasteiger partial charge in [0.05, 0.1) is 49.3 Å². The van der Waals surface area contributed by atoms with Crippen LogP contribution in [0.3, 0.4) is 0 Å². The third kappa shape index (κ3) is 10.4. The molecule has 0 amide bonds. The van der Waals surface area contributed by atoms with Gasteiger partial charge < -0.3 is 28.3 Å². The lowest BCUT2D eigenvalue weighted by Gasteiger charge is -2.14. The van der Waals surface area contributed by atoms with E-state index in [1.54, 1.807) is 69.3 Å². The van der Waals surface area contributed by atoms with Crippen LogP contribution in [0.5, 0.6) is 5.75 Å². The molecule has 1 N–H and O–H groups in total. The van der Waals surface area contributed by atoms with Crippen LogP contribution in [0.1, 0.15) is 48.7 Å². The molecule has 0 saturated heterocycles. The maximum Gasteiger partial charge on any atom is 0.422 e. The van der Waals surface area contributed by atoms with E-state index in [1.807, 2.05) is 60.7 Å². The minimum Gasteiger partial charge on any atom is -0.506 e. The van der Waals surface area contributed by atoms with Crippen LogP contribution in [0.4, 0.5) is 0 Å². The largest absolute Gasteiger partial charge is 0.506 e.